The highest BCUT2D eigenvalue weighted by Crippen LogP contribution is 2.58. The van der Waals surface area contributed by atoms with Gasteiger partial charge < -0.3 is 20.7 Å². The number of aromatic hydroxyl groups is 1. The van der Waals surface area contributed by atoms with Crippen LogP contribution in [0.25, 0.3) is 0 Å². The first kappa shape index (κ1) is 20.4. The van der Waals surface area contributed by atoms with Crippen LogP contribution in [0.3, 0.4) is 0 Å². The van der Waals surface area contributed by atoms with Gasteiger partial charge in [-0.05, 0) is 93.4 Å². The van der Waals surface area contributed by atoms with E-state index in [9.17, 15) is 10.2 Å². The highest BCUT2D eigenvalue weighted by Gasteiger charge is 2.63. The molecule has 6 rings (SSSR count). The van der Waals surface area contributed by atoms with E-state index in [2.05, 4.69) is 31.8 Å². The van der Waals surface area contributed by atoms with E-state index in [1.165, 1.54) is 5.56 Å². The third-order valence-electron chi connectivity index (χ3n) is 8.65. The smallest absolute Gasteiger partial charge is 0.115 e. The van der Waals surface area contributed by atoms with Crippen molar-refractivity contribution in [1.29, 1.82) is 0 Å². The van der Waals surface area contributed by atoms with Gasteiger partial charge in [-0.25, -0.2) is 0 Å². The first-order valence-corrected chi connectivity index (χ1v) is 11.7. The number of rotatable bonds is 1. The molecule has 0 unspecified atom stereocenters. The summed E-state index contributed by atoms with van der Waals surface area (Å²) in [5, 5.41) is 20.2. The second kappa shape index (κ2) is 7.26. The van der Waals surface area contributed by atoms with Crippen LogP contribution in [0.4, 0.5) is 0 Å². The molecule has 5 aliphatic rings. The van der Waals surface area contributed by atoms with Crippen molar-refractivity contribution in [3.8, 4) is 17.6 Å². The second-order valence-corrected chi connectivity index (χ2v) is 10.8. The van der Waals surface area contributed by atoms with Crippen LogP contribution in [0.1, 0.15) is 57.1 Å². The van der Waals surface area contributed by atoms with Crippen molar-refractivity contribution < 1.29 is 14.9 Å². The number of nitrogens with two attached hydrogens (primary N) is 1. The predicted octanol–water partition coefficient (Wildman–Crippen LogP) is 3.42. The molecule has 2 heterocycles. The largest absolute Gasteiger partial charge is 0.508 e. The molecule has 3 aliphatic carbocycles. The molecule has 4 nitrogen and oxygen atoms in total. The summed E-state index contributed by atoms with van der Waals surface area (Å²) in [4.78, 5) is 0. The Morgan fingerprint density at radius 3 is 2.80 bits per heavy atom. The minimum atomic E-state index is -0.310. The summed E-state index contributed by atoms with van der Waals surface area (Å²) in [5.74, 6) is 8.86. The lowest BCUT2D eigenvalue weighted by molar-refractivity contribution is -0.287. The summed E-state index contributed by atoms with van der Waals surface area (Å²) in [5.41, 5.74) is 8.74. The molecule has 4 heteroatoms. The van der Waals surface area contributed by atoms with Crippen LogP contribution in [0, 0.1) is 41.4 Å². The van der Waals surface area contributed by atoms with Gasteiger partial charge >= 0.3 is 0 Å². The molecule has 30 heavy (non-hydrogen) atoms. The summed E-state index contributed by atoms with van der Waals surface area (Å²) in [6, 6.07) is 5.74. The number of phenols is 1. The van der Waals surface area contributed by atoms with E-state index in [-0.39, 0.29) is 29.8 Å². The average Bonchev–Trinajstić information content (AvgIpc) is 2.71. The van der Waals surface area contributed by atoms with Crippen molar-refractivity contribution in [1.82, 2.24) is 0 Å². The fourth-order valence-electron chi connectivity index (χ4n) is 7.36. The van der Waals surface area contributed by atoms with Crippen LogP contribution in [0.5, 0.6) is 5.75 Å². The third kappa shape index (κ3) is 3.18. The molecule has 0 amide bonds. The molecule has 4 fully saturated rings. The van der Waals surface area contributed by atoms with Crippen LogP contribution in [0.15, 0.2) is 18.2 Å². The van der Waals surface area contributed by atoms with Crippen LogP contribution in [-0.4, -0.2) is 34.1 Å². The van der Waals surface area contributed by atoms with E-state index >= 15 is 0 Å². The van der Waals surface area contributed by atoms with E-state index in [0.29, 0.717) is 35.8 Å². The molecule has 2 saturated heterocycles. The molecule has 1 aromatic carbocycles. The zero-order chi connectivity index (χ0) is 21.1. The fourth-order valence-corrected chi connectivity index (χ4v) is 7.36. The zero-order valence-corrected chi connectivity index (χ0v) is 18.2. The van der Waals surface area contributed by atoms with Crippen molar-refractivity contribution in [2.24, 2.45) is 35.3 Å². The molecule has 0 aromatic heterocycles. The van der Waals surface area contributed by atoms with E-state index in [1.807, 2.05) is 6.07 Å². The van der Waals surface area contributed by atoms with Gasteiger partial charge in [0, 0.05) is 25.0 Å². The van der Waals surface area contributed by atoms with E-state index < -0.39 is 0 Å². The van der Waals surface area contributed by atoms with Crippen LogP contribution < -0.4 is 5.73 Å². The number of fused-ring (bicyclic) bond motifs is 5. The first-order valence-electron chi connectivity index (χ1n) is 11.7. The maximum Gasteiger partial charge on any atom is 0.115 e. The van der Waals surface area contributed by atoms with Gasteiger partial charge in [0.25, 0.3) is 0 Å². The molecular formula is C26H35NO3. The highest BCUT2D eigenvalue weighted by molar-refractivity contribution is 5.38. The quantitative estimate of drug-likeness (QED) is 0.621. The summed E-state index contributed by atoms with van der Waals surface area (Å²) >= 11 is 0. The summed E-state index contributed by atoms with van der Waals surface area (Å²) in [6.45, 7) is 4.64. The number of hydrogen-bond acceptors (Lipinski definition) is 4. The lowest BCUT2D eigenvalue weighted by Gasteiger charge is -2.64. The topological polar surface area (TPSA) is 75.7 Å². The standard InChI is InChI=1S/C26H35NO3/c1-25(2)22-8-9-26(30-25)20-12-16(10-17(13-20)15-28)11-19-6-7-21(29)14-18(19)4-3-5-23(26)24(22)27/h6-7,14,16-17,20,22-24,28-29H,4,8-13,15,27H2,1-2H3/t16-,17+,20-,22+,23+,24+,26-/m1/s1. The number of ether oxygens (including phenoxy) is 1. The number of aliphatic hydroxyl groups is 1. The molecule has 1 aromatic rings. The third-order valence-corrected chi connectivity index (χ3v) is 8.65. The summed E-state index contributed by atoms with van der Waals surface area (Å²) in [7, 11) is 0. The normalized spacial score (nSPS) is 41.6. The summed E-state index contributed by atoms with van der Waals surface area (Å²) < 4.78 is 6.98. The fraction of sp³-hybridized carbons (Fsp3) is 0.692. The molecule has 4 N–H and O–H groups in total. The van der Waals surface area contributed by atoms with E-state index in [0.717, 1.165) is 44.1 Å². The van der Waals surface area contributed by atoms with Gasteiger partial charge in [0.1, 0.15) is 5.75 Å². The molecule has 1 spiro atoms. The Bertz CT molecular complexity index is 884. The minimum Gasteiger partial charge on any atom is -0.508 e. The van der Waals surface area contributed by atoms with Gasteiger partial charge in [-0.2, -0.15) is 0 Å². The maximum atomic E-state index is 10.1. The molecule has 2 aliphatic heterocycles. The van der Waals surface area contributed by atoms with Gasteiger partial charge in [-0.3, -0.25) is 0 Å². The number of hydrogen-bond donors (Lipinski definition) is 3. The van der Waals surface area contributed by atoms with Crippen LogP contribution in [0.2, 0.25) is 0 Å². The first-order chi connectivity index (χ1) is 14.3. The number of phenolic OH excluding ortho intramolecular Hbond substituents is 1. The van der Waals surface area contributed by atoms with Crippen molar-refractivity contribution in [2.75, 3.05) is 6.61 Å². The maximum absolute atomic E-state index is 10.1. The van der Waals surface area contributed by atoms with Gasteiger partial charge in [0.2, 0.25) is 0 Å². The predicted molar refractivity (Wildman–Crippen MR) is 117 cm³/mol. The number of aliphatic hydroxyl groups excluding tert-OH is 1. The van der Waals surface area contributed by atoms with Gasteiger partial charge in [0.05, 0.1) is 17.1 Å². The molecular weight excluding hydrogens is 374 g/mol. The minimum absolute atomic E-state index is 0.0207. The number of benzene rings is 1. The average molecular weight is 410 g/mol. The van der Waals surface area contributed by atoms with Gasteiger partial charge in [-0.15, -0.1) is 0 Å². The van der Waals surface area contributed by atoms with Crippen molar-refractivity contribution in [3.63, 3.8) is 0 Å². The molecule has 4 bridgehead atoms. The van der Waals surface area contributed by atoms with Crippen LogP contribution in [-0.2, 0) is 17.6 Å². The summed E-state index contributed by atoms with van der Waals surface area (Å²) in [6.07, 6.45) is 6.89. The second-order valence-electron chi connectivity index (χ2n) is 10.8. The lowest BCUT2D eigenvalue weighted by atomic mass is 9.53. The van der Waals surface area contributed by atoms with Crippen molar-refractivity contribution in [2.45, 2.75) is 76.0 Å². The zero-order valence-electron chi connectivity index (χ0n) is 18.2. The Kier molecular flexibility index (Phi) is 4.93. The van der Waals surface area contributed by atoms with Gasteiger partial charge in [-0.1, -0.05) is 17.9 Å². The van der Waals surface area contributed by atoms with Gasteiger partial charge in [0.15, 0.2) is 0 Å². The SMILES string of the molecule is CC1(C)O[C@@]23CC[C@H]1[C@H](N)[C@@H]2C#CCc1cc(O)ccc1C[C@H]1C[C@H](CO)C[C@H]3C1. The molecule has 2 saturated carbocycles. The Morgan fingerprint density at radius 2 is 2.03 bits per heavy atom. The van der Waals surface area contributed by atoms with E-state index in [4.69, 9.17) is 10.5 Å². The molecule has 0 radical (unpaired) electrons. The molecule has 7 atom stereocenters. The van der Waals surface area contributed by atoms with Crippen molar-refractivity contribution in [3.05, 3.63) is 29.3 Å². The monoisotopic (exact) mass is 409 g/mol. The highest BCUT2D eigenvalue weighted by atomic mass is 16.5. The van der Waals surface area contributed by atoms with Crippen LogP contribution >= 0.6 is 0 Å². The molecule has 162 valence electrons. The van der Waals surface area contributed by atoms with E-state index in [1.54, 1.807) is 6.07 Å². The Balaban J connectivity index is 1.61. The lowest BCUT2D eigenvalue weighted by Crippen LogP contribution is -2.71. The van der Waals surface area contributed by atoms with Crippen molar-refractivity contribution >= 4 is 0 Å². The Morgan fingerprint density at radius 1 is 1.20 bits per heavy atom. The Hall–Kier alpha value is -1.54. The Labute approximate surface area is 180 Å².